The monoisotopic (exact) mass is 609 g/mol. The van der Waals surface area contributed by atoms with Crippen LogP contribution in [0.5, 0.6) is 0 Å². The van der Waals surface area contributed by atoms with E-state index in [-0.39, 0.29) is 34.5 Å². The molecule has 7 nitrogen and oxygen atoms in total. The Morgan fingerprint density at radius 2 is 1.44 bits per heavy atom. The number of rotatable bonds is 12. The third-order valence-corrected chi connectivity index (χ3v) is 8.86. The van der Waals surface area contributed by atoms with Crippen LogP contribution in [0.4, 0.5) is 5.69 Å². The maximum absolute atomic E-state index is 14.0. The van der Waals surface area contributed by atoms with Crippen LogP contribution in [0.1, 0.15) is 32.3 Å². The van der Waals surface area contributed by atoms with Crippen LogP contribution < -0.4 is 9.62 Å². The lowest BCUT2D eigenvalue weighted by Crippen LogP contribution is -2.52. The van der Waals surface area contributed by atoms with Crippen molar-refractivity contribution < 1.29 is 18.0 Å². The van der Waals surface area contributed by atoms with E-state index in [1.54, 1.807) is 61.5 Å². The van der Waals surface area contributed by atoms with Crippen LogP contribution in [0.3, 0.4) is 0 Å². The summed E-state index contributed by atoms with van der Waals surface area (Å²) in [6.07, 6.45) is 0.989. The fourth-order valence-corrected chi connectivity index (χ4v) is 6.29. The number of sulfonamides is 1. The van der Waals surface area contributed by atoms with E-state index in [9.17, 15) is 18.0 Å². The van der Waals surface area contributed by atoms with Gasteiger partial charge in [-0.3, -0.25) is 13.9 Å². The van der Waals surface area contributed by atoms with Gasteiger partial charge in [0.1, 0.15) is 12.6 Å². The van der Waals surface area contributed by atoms with Gasteiger partial charge in [-0.15, -0.1) is 0 Å². The molecule has 0 unspecified atom stereocenters. The highest BCUT2D eigenvalue weighted by Gasteiger charge is 2.34. The summed E-state index contributed by atoms with van der Waals surface area (Å²) in [5, 5.41) is 3.63. The topological polar surface area (TPSA) is 86.8 Å². The Labute approximate surface area is 244 Å². The van der Waals surface area contributed by atoms with Gasteiger partial charge in [0.05, 0.1) is 15.6 Å². The van der Waals surface area contributed by atoms with Gasteiger partial charge in [0.15, 0.2) is 0 Å². The molecule has 0 heterocycles. The van der Waals surface area contributed by atoms with Crippen LogP contribution in [-0.2, 0) is 26.2 Å². The van der Waals surface area contributed by atoms with Crippen molar-refractivity contribution in [1.82, 2.24) is 10.2 Å². The van der Waals surface area contributed by atoms with E-state index in [1.165, 1.54) is 23.1 Å². The lowest BCUT2D eigenvalue weighted by atomic mass is 10.1. The minimum Gasteiger partial charge on any atom is -0.354 e. The molecule has 3 rings (SSSR count). The number of halogens is 3. The molecule has 11 heteroatoms. The van der Waals surface area contributed by atoms with Gasteiger partial charge in [-0.25, -0.2) is 8.42 Å². The largest absolute Gasteiger partial charge is 0.354 e. The fourth-order valence-electron chi connectivity index (χ4n) is 4.03. The van der Waals surface area contributed by atoms with Crippen molar-refractivity contribution in [2.75, 3.05) is 17.4 Å². The van der Waals surface area contributed by atoms with Crippen LogP contribution >= 0.6 is 34.8 Å². The van der Waals surface area contributed by atoms with Crippen LogP contribution in [0.15, 0.2) is 77.7 Å². The third-order valence-electron chi connectivity index (χ3n) is 6.06. The molecule has 0 aromatic heterocycles. The normalized spacial score (nSPS) is 12.0. The molecule has 0 spiro atoms. The molecule has 39 heavy (non-hydrogen) atoms. The molecule has 0 aliphatic heterocycles. The average Bonchev–Trinajstić information content (AvgIpc) is 2.92. The molecule has 3 aromatic carbocycles. The van der Waals surface area contributed by atoms with E-state index >= 15 is 0 Å². The Hall–Kier alpha value is -2.78. The third kappa shape index (κ3) is 7.45. The Bertz CT molecular complexity index is 1380. The summed E-state index contributed by atoms with van der Waals surface area (Å²) in [6.45, 7) is 3.41. The number of anilines is 1. The van der Waals surface area contributed by atoms with E-state index < -0.39 is 28.5 Å². The summed E-state index contributed by atoms with van der Waals surface area (Å²) in [4.78, 5) is 28.5. The summed E-state index contributed by atoms with van der Waals surface area (Å²) >= 11 is 19.2. The van der Waals surface area contributed by atoms with Gasteiger partial charge in [-0.05, 0) is 49.2 Å². The van der Waals surface area contributed by atoms with Crippen LogP contribution in [-0.4, -0.2) is 44.3 Å². The van der Waals surface area contributed by atoms with Gasteiger partial charge < -0.3 is 10.2 Å². The zero-order chi connectivity index (χ0) is 28.6. The van der Waals surface area contributed by atoms with Crippen LogP contribution in [0, 0.1) is 0 Å². The van der Waals surface area contributed by atoms with Gasteiger partial charge in [0.25, 0.3) is 10.0 Å². The molecular weight excluding hydrogens is 581 g/mol. The number of benzene rings is 3. The smallest absolute Gasteiger partial charge is 0.264 e. The number of nitrogens with zero attached hydrogens (tertiary/aromatic N) is 2. The Morgan fingerprint density at radius 3 is 2.03 bits per heavy atom. The SMILES string of the molecule is CCCNC(=O)[C@@H](CC)N(Cc1c(Cl)cccc1Cl)C(=O)CN(c1ccccc1Cl)S(=O)(=O)c1ccccc1. The van der Waals surface area contributed by atoms with E-state index in [0.717, 1.165) is 4.31 Å². The van der Waals surface area contributed by atoms with Crippen molar-refractivity contribution in [1.29, 1.82) is 0 Å². The molecular formula is C28H30Cl3N3O4S. The fraction of sp³-hybridized carbons (Fsp3) is 0.286. The Morgan fingerprint density at radius 1 is 0.846 bits per heavy atom. The maximum atomic E-state index is 14.0. The van der Waals surface area contributed by atoms with E-state index in [4.69, 9.17) is 34.8 Å². The second-order valence-corrected chi connectivity index (χ2v) is 11.8. The first kappa shape index (κ1) is 30.8. The van der Waals surface area contributed by atoms with Gasteiger partial charge in [0.2, 0.25) is 11.8 Å². The second-order valence-electron chi connectivity index (χ2n) is 8.71. The van der Waals surface area contributed by atoms with Crippen molar-refractivity contribution >= 4 is 62.3 Å². The van der Waals surface area contributed by atoms with Crippen molar-refractivity contribution in [2.45, 2.75) is 44.2 Å². The van der Waals surface area contributed by atoms with E-state index in [1.807, 2.05) is 6.92 Å². The van der Waals surface area contributed by atoms with Crippen molar-refractivity contribution in [3.63, 3.8) is 0 Å². The Kier molecular flexibility index (Phi) is 11.1. The zero-order valence-electron chi connectivity index (χ0n) is 21.6. The standard InChI is InChI=1S/C28H30Cl3N3O4S/c1-3-17-32-28(36)25(4-2)33(18-21-22(29)14-10-15-23(21)30)27(35)19-34(26-16-9-8-13-24(26)31)39(37,38)20-11-6-5-7-12-20/h5-16,25H,3-4,17-19H2,1-2H3,(H,32,36)/t25-/m1/s1. The number of amides is 2. The summed E-state index contributed by atoms with van der Waals surface area (Å²) in [5.74, 6) is -0.977. The first-order chi connectivity index (χ1) is 18.6. The molecule has 0 saturated heterocycles. The number of nitrogens with one attached hydrogen (secondary N) is 1. The van der Waals surface area contributed by atoms with Gasteiger partial charge >= 0.3 is 0 Å². The summed E-state index contributed by atoms with van der Waals surface area (Å²) in [6, 6.07) is 18.2. The first-order valence-corrected chi connectivity index (χ1v) is 15.0. The summed E-state index contributed by atoms with van der Waals surface area (Å²) < 4.78 is 28.6. The number of hydrogen-bond acceptors (Lipinski definition) is 4. The summed E-state index contributed by atoms with van der Waals surface area (Å²) in [7, 11) is -4.21. The molecule has 0 aliphatic carbocycles. The molecule has 1 N–H and O–H groups in total. The zero-order valence-corrected chi connectivity index (χ0v) is 24.7. The van der Waals surface area contributed by atoms with Gasteiger partial charge in [0, 0.05) is 28.7 Å². The second kappa shape index (κ2) is 14.0. The number of carbonyl (C=O) groups excluding carboxylic acids is 2. The van der Waals surface area contributed by atoms with E-state index in [0.29, 0.717) is 28.6 Å². The molecule has 0 fully saturated rings. The molecule has 0 aliphatic rings. The summed E-state index contributed by atoms with van der Waals surface area (Å²) in [5.41, 5.74) is 0.585. The molecule has 3 aromatic rings. The quantitative estimate of drug-likeness (QED) is 0.266. The molecule has 1 atom stereocenters. The molecule has 0 saturated carbocycles. The highest BCUT2D eigenvalue weighted by Crippen LogP contribution is 2.31. The molecule has 208 valence electrons. The molecule has 0 radical (unpaired) electrons. The first-order valence-electron chi connectivity index (χ1n) is 12.4. The number of hydrogen-bond donors (Lipinski definition) is 1. The van der Waals surface area contributed by atoms with Crippen LogP contribution in [0.2, 0.25) is 15.1 Å². The maximum Gasteiger partial charge on any atom is 0.264 e. The van der Waals surface area contributed by atoms with Crippen molar-refractivity contribution in [3.05, 3.63) is 93.4 Å². The predicted octanol–water partition coefficient (Wildman–Crippen LogP) is 6.18. The average molecular weight is 611 g/mol. The number of carbonyl (C=O) groups is 2. The van der Waals surface area contributed by atoms with Crippen LogP contribution in [0.25, 0.3) is 0 Å². The highest BCUT2D eigenvalue weighted by molar-refractivity contribution is 7.92. The highest BCUT2D eigenvalue weighted by atomic mass is 35.5. The predicted molar refractivity (Wildman–Crippen MR) is 157 cm³/mol. The van der Waals surface area contributed by atoms with E-state index in [2.05, 4.69) is 5.32 Å². The number of para-hydroxylation sites is 1. The minimum atomic E-state index is -4.21. The molecule has 0 bridgehead atoms. The lowest BCUT2D eigenvalue weighted by Gasteiger charge is -2.33. The van der Waals surface area contributed by atoms with Gasteiger partial charge in [-0.2, -0.15) is 0 Å². The Balaban J connectivity index is 2.09. The van der Waals surface area contributed by atoms with Crippen molar-refractivity contribution in [2.24, 2.45) is 0 Å². The van der Waals surface area contributed by atoms with Crippen molar-refractivity contribution in [3.8, 4) is 0 Å². The molecule has 2 amide bonds. The van der Waals surface area contributed by atoms with Gasteiger partial charge in [-0.1, -0.05) is 85.0 Å². The lowest BCUT2D eigenvalue weighted by molar-refractivity contribution is -0.140. The minimum absolute atomic E-state index is 0.00820.